The molecule has 1 saturated heterocycles. The molecule has 116 valence electrons. The Morgan fingerprint density at radius 2 is 2.19 bits per heavy atom. The van der Waals surface area contributed by atoms with Crippen molar-refractivity contribution in [3.63, 3.8) is 0 Å². The average Bonchev–Trinajstić information content (AvgIpc) is 2.51. The molecule has 1 amide bonds. The van der Waals surface area contributed by atoms with E-state index in [4.69, 9.17) is 9.47 Å². The van der Waals surface area contributed by atoms with Crippen molar-refractivity contribution in [2.75, 3.05) is 39.5 Å². The van der Waals surface area contributed by atoms with E-state index < -0.39 is 0 Å². The number of rotatable bonds is 6. The number of morpholine rings is 1. The minimum absolute atomic E-state index is 0.0461. The monoisotopic (exact) mass is 292 g/mol. The van der Waals surface area contributed by atoms with Gasteiger partial charge in [0.25, 0.3) is 0 Å². The highest BCUT2D eigenvalue weighted by Crippen LogP contribution is 2.11. The number of hydrogen-bond donors (Lipinski definition) is 1. The molecule has 0 bridgehead atoms. The molecule has 1 aliphatic heterocycles. The van der Waals surface area contributed by atoms with Crippen molar-refractivity contribution in [3.8, 4) is 5.75 Å². The summed E-state index contributed by atoms with van der Waals surface area (Å²) < 4.78 is 10.9. The zero-order chi connectivity index (χ0) is 15.1. The summed E-state index contributed by atoms with van der Waals surface area (Å²) in [5, 5.41) is 2.92. The van der Waals surface area contributed by atoms with Crippen LogP contribution in [0.5, 0.6) is 5.75 Å². The molecule has 1 unspecified atom stereocenters. The van der Waals surface area contributed by atoms with Gasteiger partial charge < -0.3 is 14.8 Å². The van der Waals surface area contributed by atoms with Crippen molar-refractivity contribution in [3.05, 3.63) is 29.8 Å². The largest absolute Gasteiger partial charge is 0.492 e. The second-order valence-corrected chi connectivity index (χ2v) is 5.28. The third kappa shape index (κ3) is 5.02. The molecule has 1 aromatic rings. The van der Waals surface area contributed by atoms with Crippen LogP contribution in [0.2, 0.25) is 0 Å². The third-order valence-corrected chi connectivity index (χ3v) is 3.63. The zero-order valence-corrected chi connectivity index (χ0v) is 12.8. The van der Waals surface area contributed by atoms with Gasteiger partial charge in [0, 0.05) is 13.1 Å². The van der Waals surface area contributed by atoms with Crippen LogP contribution in [-0.2, 0) is 9.53 Å². The number of ether oxygens (including phenoxy) is 2. The van der Waals surface area contributed by atoms with Crippen molar-refractivity contribution in [2.24, 2.45) is 0 Å². The molecule has 1 heterocycles. The summed E-state index contributed by atoms with van der Waals surface area (Å²) in [6.07, 6.45) is 0. The maximum Gasteiger partial charge on any atom is 0.237 e. The highest BCUT2D eigenvalue weighted by molar-refractivity contribution is 5.81. The first-order valence-electron chi connectivity index (χ1n) is 7.46. The molecule has 21 heavy (non-hydrogen) atoms. The molecular formula is C16H24N2O3. The fourth-order valence-corrected chi connectivity index (χ4v) is 2.33. The van der Waals surface area contributed by atoms with E-state index in [-0.39, 0.29) is 11.9 Å². The standard InChI is InChI=1S/C16H24N2O3/c1-13-4-3-5-15(12-13)21-9-6-17-16(19)14(2)18-7-10-20-11-8-18/h3-5,12,14H,6-11H2,1-2H3,(H,17,19). The van der Waals surface area contributed by atoms with Gasteiger partial charge in [-0.2, -0.15) is 0 Å². The normalized spacial score (nSPS) is 17.2. The van der Waals surface area contributed by atoms with Gasteiger partial charge in [0.1, 0.15) is 12.4 Å². The van der Waals surface area contributed by atoms with Gasteiger partial charge in [-0.25, -0.2) is 0 Å². The molecule has 0 aliphatic carbocycles. The van der Waals surface area contributed by atoms with E-state index in [0.717, 1.165) is 24.4 Å². The molecule has 1 fully saturated rings. The molecule has 5 heteroatoms. The number of carbonyl (C=O) groups excluding carboxylic acids is 1. The maximum atomic E-state index is 12.1. The lowest BCUT2D eigenvalue weighted by molar-refractivity contribution is -0.127. The van der Waals surface area contributed by atoms with Gasteiger partial charge in [0.05, 0.1) is 25.8 Å². The Morgan fingerprint density at radius 1 is 1.43 bits per heavy atom. The number of nitrogens with zero attached hydrogens (tertiary/aromatic N) is 1. The van der Waals surface area contributed by atoms with Crippen molar-refractivity contribution in [1.29, 1.82) is 0 Å². The molecule has 1 aromatic carbocycles. The topological polar surface area (TPSA) is 50.8 Å². The fraction of sp³-hybridized carbons (Fsp3) is 0.562. The highest BCUT2D eigenvalue weighted by Gasteiger charge is 2.22. The van der Waals surface area contributed by atoms with E-state index in [2.05, 4.69) is 10.2 Å². The third-order valence-electron chi connectivity index (χ3n) is 3.63. The summed E-state index contributed by atoms with van der Waals surface area (Å²) in [6, 6.07) is 7.78. The van der Waals surface area contributed by atoms with Crippen LogP contribution in [0.1, 0.15) is 12.5 Å². The van der Waals surface area contributed by atoms with Gasteiger partial charge in [-0.3, -0.25) is 9.69 Å². The van der Waals surface area contributed by atoms with Gasteiger partial charge in [0.15, 0.2) is 0 Å². The SMILES string of the molecule is Cc1cccc(OCCNC(=O)C(C)N2CCOCC2)c1. The predicted octanol–water partition coefficient (Wildman–Crippen LogP) is 1.21. The molecule has 1 atom stereocenters. The van der Waals surface area contributed by atoms with E-state index in [1.54, 1.807) is 0 Å². The number of benzene rings is 1. The summed E-state index contributed by atoms with van der Waals surface area (Å²) in [6.45, 7) is 7.98. The molecule has 0 radical (unpaired) electrons. The number of amides is 1. The summed E-state index contributed by atoms with van der Waals surface area (Å²) in [7, 11) is 0. The molecule has 1 aliphatic rings. The minimum Gasteiger partial charge on any atom is -0.492 e. The summed E-state index contributed by atoms with van der Waals surface area (Å²) in [5.74, 6) is 0.884. The first-order chi connectivity index (χ1) is 10.2. The van der Waals surface area contributed by atoms with Crippen molar-refractivity contribution < 1.29 is 14.3 Å². The lowest BCUT2D eigenvalue weighted by Gasteiger charge is -2.31. The van der Waals surface area contributed by atoms with Gasteiger partial charge in [-0.05, 0) is 31.5 Å². The van der Waals surface area contributed by atoms with E-state index in [1.165, 1.54) is 0 Å². The Kier molecular flexibility index (Phi) is 6.02. The van der Waals surface area contributed by atoms with Crippen LogP contribution < -0.4 is 10.1 Å². The van der Waals surface area contributed by atoms with Crippen LogP contribution in [0, 0.1) is 6.92 Å². The molecule has 0 aromatic heterocycles. The van der Waals surface area contributed by atoms with Crippen LogP contribution in [0.25, 0.3) is 0 Å². The molecule has 1 N–H and O–H groups in total. The van der Waals surface area contributed by atoms with Gasteiger partial charge in [0.2, 0.25) is 5.91 Å². The summed E-state index contributed by atoms with van der Waals surface area (Å²) >= 11 is 0. The van der Waals surface area contributed by atoms with E-state index in [9.17, 15) is 4.79 Å². The molecule has 0 spiro atoms. The zero-order valence-electron chi connectivity index (χ0n) is 12.8. The second kappa shape index (κ2) is 8.00. The van der Waals surface area contributed by atoms with Gasteiger partial charge in [-0.15, -0.1) is 0 Å². The van der Waals surface area contributed by atoms with Gasteiger partial charge >= 0.3 is 0 Å². The number of hydrogen-bond acceptors (Lipinski definition) is 4. The van der Waals surface area contributed by atoms with Crippen LogP contribution in [0.4, 0.5) is 0 Å². The van der Waals surface area contributed by atoms with E-state index >= 15 is 0 Å². The summed E-state index contributed by atoms with van der Waals surface area (Å²) in [5.41, 5.74) is 1.16. The first kappa shape index (κ1) is 15.8. The first-order valence-corrected chi connectivity index (χ1v) is 7.46. The predicted molar refractivity (Wildman–Crippen MR) is 81.5 cm³/mol. The summed E-state index contributed by atoms with van der Waals surface area (Å²) in [4.78, 5) is 14.2. The Balaban J connectivity index is 1.66. The molecule has 0 saturated carbocycles. The quantitative estimate of drug-likeness (QED) is 0.801. The molecule has 5 nitrogen and oxygen atoms in total. The Morgan fingerprint density at radius 3 is 2.90 bits per heavy atom. The van der Waals surface area contributed by atoms with Crippen LogP contribution >= 0.6 is 0 Å². The van der Waals surface area contributed by atoms with Crippen LogP contribution in [-0.4, -0.2) is 56.3 Å². The van der Waals surface area contributed by atoms with E-state index in [1.807, 2.05) is 38.1 Å². The average molecular weight is 292 g/mol. The molecule has 2 rings (SSSR count). The van der Waals surface area contributed by atoms with Crippen molar-refractivity contribution in [1.82, 2.24) is 10.2 Å². The number of aryl methyl sites for hydroxylation is 1. The maximum absolute atomic E-state index is 12.1. The lowest BCUT2D eigenvalue weighted by Crippen LogP contribution is -2.50. The van der Waals surface area contributed by atoms with Crippen LogP contribution in [0.3, 0.4) is 0 Å². The Bertz CT molecular complexity index is 459. The van der Waals surface area contributed by atoms with Crippen molar-refractivity contribution >= 4 is 5.91 Å². The Hall–Kier alpha value is -1.59. The van der Waals surface area contributed by atoms with Crippen molar-refractivity contribution in [2.45, 2.75) is 19.9 Å². The highest BCUT2D eigenvalue weighted by atomic mass is 16.5. The Labute approximate surface area is 126 Å². The smallest absolute Gasteiger partial charge is 0.237 e. The number of carbonyl (C=O) groups is 1. The lowest BCUT2D eigenvalue weighted by atomic mass is 10.2. The second-order valence-electron chi connectivity index (χ2n) is 5.28. The van der Waals surface area contributed by atoms with Crippen LogP contribution in [0.15, 0.2) is 24.3 Å². The van der Waals surface area contributed by atoms with E-state index in [0.29, 0.717) is 26.4 Å². The fourth-order valence-electron chi connectivity index (χ4n) is 2.33. The minimum atomic E-state index is -0.118. The number of nitrogens with one attached hydrogen (secondary N) is 1. The molecular weight excluding hydrogens is 268 g/mol. The van der Waals surface area contributed by atoms with Gasteiger partial charge in [-0.1, -0.05) is 12.1 Å².